The van der Waals surface area contributed by atoms with E-state index in [-0.39, 0.29) is 12.6 Å². The average Bonchev–Trinajstić information content (AvgIpc) is 2.63. The van der Waals surface area contributed by atoms with Gasteiger partial charge in [-0.3, -0.25) is 9.10 Å². The Morgan fingerprint density at radius 3 is 2.34 bits per heavy atom. The number of amides is 1. The minimum absolute atomic E-state index is 0.261. The van der Waals surface area contributed by atoms with Crippen LogP contribution in [0.15, 0.2) is 42.5 Å². The minimum Gasteiger partial charge on any atom is -0.491 e. The summed E-state index contributed by atoms with van der Waals surface area (Å²) in [6, 6.07) is 11.3. The second kappa shape index (κ2) is 9.50. The number of carbonyl (C=O) groups excluding carboxylic acids is 1. The molecule has 2 aromatic carbocycles. The van der Waals surface area contributed by atoms with Gasteiger partial charge in [-0.2, -0.15) is 0 Å². The molecule has 0 saturated heterocycles. The summed E-state index contributed by atoms with van der Waals surface area (Å²) in [6.07, 6.45) is 1.07. The quantitative estimate of drug-likeness (QED) is 0.681. The van der Waals surface area contributed by atoms with Crippen LogP contribution in [0.5, 0.6) is 5.75 Å². The molecule has 0 radical (unpaired) electrons. The highest BCUT2D eigenvalue weighted by molar-refractivity contribution is 7.92. The topological polar surface area (TPSA) is 75.7 Å². The summed E-state index contributed by atoms with van der Waals surface area (Å²) in [5, 5.41) is 3.21. The van der Waals surface area contributed by atoms with Gasteiger partial charge in [-0.25, -0.2) is 8.42 Å². The van der Waals surface area contributed by atoms with E-state index < -0.39 is 22.0 Å². The first-order valence-electron chi connectivity index (χ1n) is 9.24. The van der Waals surface area contributed by atoms with Crippen molar-refractivity contribution in [3.8, 4) is 5.75 Å². The SMILES string of the molecule is Cc1ccc(OC[C@@H](C)NC(=O)[C@H](C)N(c2cc(Cl)ccc2C)S(C)(=O)=O)cc1. The first kappa shape index (κ1) is 23.0. The number of anilines is 1. The van der Waals surface area contributed by atoms with E-state index >= 15 is 0 Å². The molecule has 0 aromatic heterocycles. The van der Waals surface area contributed by atoms with Crippen molar-refractivity contribution < 1.29 is 17.9 Å². The highest BCUT2D eigenvalue weighted by Gasteiger charge is 2.30. The molecule has 0 heterocycles. The van der Waals surface area contributed by atoms with Gasteiger partial charge < -0.3 is 10.1 Å². The summed E-state index contributed by atoms with van der Waals surface area (Å²) in [5.41, 5.74) is 2.21. The van der Waals surface area contributed by atoms with E-state index in [0.29, 0.717) is 22.0 Å². The van der Waals surface area contributed by atoms with Gasteiger partial charge in [0.25, 0.3) is 0 Å². The van der Waals surface area contributed by atoms with Crippen LogP contribution in [0, 0.1) is 13.8 Å². The van der Waals surface area contributed by atoms with Gasteiger partial charge in [0.1, 0.15) is 18.4 Å². The first-order valence-corrected chi connectivity index (χ1v) is 11.5. The standard InChI is InChI=1S/C21H27ClN2O4S/c1-14-6-10-19(11-7-14)28-13-16(3)23-21(25)17(4)24(29(5,26)27)20-12-18(22)9-8-15(20)2/h6-12,16-17H,13H2,1-5H3,(H,23,25)/t16-,17+/m1/s1. The summed E-state index contributed by atoms with van der Waals surface area (Å²) < 4.78 is 31.7. The number of ether oxygens (including phenoxy) is 1. The maximum absolute atomic E-state index is 12.8. The second-order valence-corrected chi connectivity index (χ2v) is 9.50. The Morgan fingerprint density at radius 2 is 1.76 bits per heavy atom. The maximum Gasteiger partial charge on any atom is 0.243 e. The number of nitrogens with one attached hydrogen (secondary N) is 1. The molecular weight excluding hydrogens is 412 g/mol. The third-order valence-corrected chi connectivity index (χ3v) is 5.87. The average molecular weight is 439 g/mol. The smallest absolute Gasteiger partial charge is 0.243 e. The van der Waals surface area contributed by atoms with Crippen LogP contribution in [-0.4, -0.2) is 39.3 Å². The number of hydrogen-bond donors (Lipinski definition) is 1. The van der Waals surface area contributed by atoms with Gasteiger partial charge in [-0.15, -0.1) is 0 Å². The zero-order chi connectivity index (χ0) is 21.8. The molecular formula is C21H27ClN2O4S. The number of benzene rings is 2. The second-order valence-electron chi connectivity index (χ2n) is 7.20. The molecule has 0 spiro atoms. The number of carbonyl (C=O) groups is 1. The normalized spacial score (nSPS) is 13.4. The minimum atomic E-state index is -3.71. The molecule has 29 heavy (non-hydrogen) atoms. The van der Waals surface area contributed by atoms with Crippen LogP contribution in [0.1, 0.15) is 25.0 Å². The molecule has 0 aliphatic carbocycles. The lowest BCUT2D eigenvalue weighted by molar-refractivity contribution is -0.122. The van der Waals surface area contributed by atoms with Gasteiger partial charge >= 0.3 is 0 Å². The van der Waals surface area contributed by atoms with Crippen molar-refractivity contribution in [2.75, 3.05) is 17.2 Å². The highest BCUT2D eigenvalue weighted by atomic mass is 35.5. The summed E-state index contributed by atoms with van der Waals surface area (Å²) >= 11 is 6.05. The van der Waals surface area contributed by atoms with Crippen LogP contribution in [-0.2, 0) is 14.8 Å². The van der Waals surface area contributed by atoms with Crippen molar-refractivity contribution in [2.24, 2.45) is 0 Å². The van der Waals surface area contributed by atoms with Gasteiger partial charge in [0.05, 0.1) is 18.0 Å². The van der Waals surface area contributed by atoms with Crippen LogP contribution in [0.3, 0.4) is 0 Å². The summed E-state index contributed by atoms with van der Waals surface area (Å²) in [4.78, 5) is 12.8. The Morgan fingerprint density at radius 1 is 1.14 bits per heavy atom. The van der Waals surface area contributed by atoms with E-state index in [2.05, 4.69) is 5.32 Å². The zero-order valence-electron chi connectivity index (χ0n) is 17.3. The first-order chi connectivity index (χ1) is 13.5. The summed E-state index contributed by atoms with van der Waals surface area (Å²) in [6.45, 7) is 7.37. The highest BCUT2D eigenvalue weighted by Crippen LogP contribution is 2.28. The van der Waals surface area contributed by atoms with E-state index in [1.165, 1.54) is 0 Å². The number of hydrogen-bond acceptors (Lipinski definition) is 4. The van der Waals surface area contributed by atoms with Crippen molar-refractivity contribution in [3.63, 3.8) is 0 Å². The third kappa shape index (κ3) is 6.37. The molecule has 0 saturated carbocycles. The van der Waals surface area contributed by atoms with Crippen molar-refractivity contribution in [2.45, 2.75) is 39.8 Å². The van der Waals surface area contributed by atoms with E-state index in [4.69, 9.17) is 16.3 Å². The molecule has 8 heteroatoms. The molecule has 2 rings (SSSR count). The summed E-state index contributed by atoms with van der Waals surface area (Å²) in [7, 11) is -3.71. The van der Waals surface area contributed by atoms with Gasteiger partial charge in [-0.05, 0) is 57.5 Å². The number of aryl methyl sites for hydroxylation is 2. The number of sulfonamides is 1. The molecule has 2 aromatic rings. The lowest BCUT2D eigenvalue weighted by atomic mass is 10.1. The van der Waals surface area contributed by atoms with Crippen molar-refractivity contribution in [3.05, 3.63) is 58.6 Å². The van der Waals surface area contributed by atoms with Crippen molar-refractivity contribution >= 4 is 33.2 Å². The van der Waals surface area contributed by atoms with E-state index in [0.717, 1.165) is 16.1 Å². The largest absolute Gasteiger partial charge is 0.491 e. The van der Waals surface area contributed by atoms with Crippen LogP contribution in [0.25, 0.3) is 0 Å². The van der Waals surface area contributed by atoms with Crippen LogP contribution < -0.4 is 14.4 Å². The van der Waals surface area contributed by atoms with E-state index in [1.807, 2.05) is 31.2 Å². The molecule has 0 aliphatic heterocycles. The Kier molecular flexibility index (Phi) is 7.54. The van der Waals surface area contributed by atoms with Gasteiger partial charge in [0.15, 0.2) is 0 Å². The molecule has 6 nitrogen and oxygen atoms in total. The van der Waals surface area contributed by atoms with Crippen LogP contribution in [0.4, 0.5) is 5.69 Å². The van der Waals surface area contributed by atoms with Gasteiger partial charge in [-0.1, -0.05) is 35.4 Å². The van der Waals surface area contributed by atoms with Crippen molar-refractivity contribution in [1.82, 2.24) is 5.32 Å². The van der Waals surface area contributed by atoms with Gasteiger partial charge in [0.2, 0.25) is 15.9 Å². The Hall–Kier alpha value is -2.25. The summed E-state index contributed by atoms with van der Waals surface area (Å²) in [5.74, 6) is 0.284. The molecule has 0 aliphatic rings. The molecule has 158 valence electrons. The molecule has 1 amide bonds. The maximum atomic E-state index is 12.8. The zero-order valence-corrected chi connectivity index (χ0v) is 18.8. The molecule has 0 bridgehead atoms. The molecule has 2 atom stereocenters. The van der Waals surface area contributed by atoms with E-state index in [9.17, 15) is 13.2 Å². The monoisotopic (exact) mass is 438 g/mol. The number of nitrogens with zero attached hydrogens (tertiary/aromatic N) is 1. The predicted octanol–water partition coefficient (Wildman–Crippen LogP) is 3.70. The molecule has 0 unspecified atom stereocenters. The molecule has 0 fully saturated rings. The van der Waals surface area contributed by atoms with Crippen molar-refractivity contribution in [1.29, 1.82) is 0 Å². The fourth-order valence-corrected chi connectivity index (χ4v) is 4.25. The lowest BCUT2D eigenvalue weighted by Gasteiger charge is -2.30. The number of halogens is 1. The lowest BCUT2D eigenvalue weighted by Crippen LogP contribution is -2.51. The van der Waals surface area contributed by atoms with Gasteiger partial charge in [0, 0.05) is 5.02 Å². The Bertz CT molecular complexity index is 961. The van der Waals surface area contributed by atoms with Crippen LogP contribution >= 0.6 is 11.6 Å². The number of rotatable bonds is 8. The Labute approximate surface area is 177 Å². The van der Waals surface area contributed by atoms with E-state index in [1.54, 1.807) is 39.0 Å². The Balaban J connectivity index is 2.10. The predicted molar refractivity (Wildman–Crippen MR) is 117 cm³/mol. The third-order valence-electron chi connectivity index (χ3n) is 4.41. The molecule has 1 N–H and O–H groups in total. The van der Waals surface area contributed by atoms with Crippen LogP contribution in [0.2, 0.25) is 5.02 Å². The fourth-order valence-electron chi connectivity index (χ4n) is 2.86. The fraction of sp³-hybridized carbons (Fsp3) is 0.381.